The van der Waals surface area contributed by atoms with E-state index in [0.29, 0.717) is 5.92 Å². The summed E-state index contributed by atoms with van der Waals surface area (Å²) in [6.45, 7) is 8.83. The largest absolute Gasteiger partial charge is 0.324 e. The minimum atomic E-state index is 0.156. The SMILES string of the molecule is Cc1ccc(C(N)C2CC(C)CC(C)C2)c(C)n1. The number of nitrogens with two attached hydrogens (primary N) is 1. The van der Waals surface area contributed by atoms with Gasteiger partial charge in [-0.2, -0.15) is 0 Å². The Kier molecular flexibility index (Phi) is 4.06. The summed E-state index contributed by atoms with van der Waals surface area (Å²) in [5.74, 6) is 2.24. The maximum Gasteiger partial charge on any atom is 0.0423 e. The Labute approximate surface area is 111 Å². The predicted octanol–water partition coefficient (Wildman–Crippen LogP) is 3.77. The van der Waals surface area contributed by atoms with Crippen LogP contribution in [0.5, 0.6) is 0 Å². The van der Waals surface area contributed by atoms with Crippen LogP contribution in [0, 0.1) is 31.6 Å². The van der Waals surface area contributed by atoms with Crippen LogP contribution in [-0.2, 0) is 0 Å². The zero-order valence-corrected chi connectivity index (χ0v) is 12.1. The Balaban J connectivity index is 2.17. The molecule has 0 saturated heterocycles. The first-order valence-corrected chi connectivity index (χ1v) is 7.17. The number of aryl methyl sites for hydroxylation is 2. The molecule has 3 unspecified atom stereocenters. The van der Waals surface area contributed by atoms with Crippen molar-refractivity contribution < 1.29 is 0 Å². The molecule has 1 aromatic rings. The Hall–Kier alpha value is -0.890. The summed E-state index contributed by atoms with van der Waals surface area (Å²) in [5.41, 5.74) is 9.93. The molecule has 2 rings (SSSR count). The standard InChI is InChI=1S/C16H26N2/c1-10-7-11(2)9-14(8-10)16(17)15-6-5-12(3)18-13(15)4/h5-6,10-11,14,16H,7-9,17H2,1-4H3. The Morgan fingerprint density at radius 3 is 2.28 bits per heavy atom. The molecule has 1 aromatic heterocycles. The Morgan fingerprint density at radius 1 is 1.11 bits per heavy atom. The van der Waals surface area contributed by atoms with Gasteiger partial charge in [0.15, 0.2) is 0 Å². The third-order valence-corrected chi connectivity index (χ3v) is 4.35. The number of nitrogens with zero attached hydrogens (tertiary/aromatic N) is 1. The lowest BCUT2D eigenvalue weighted by Gasteiger charge is -2.35. The first-order valence-electron chi connectivity index (χ1n) is 7.17. The fraction of sp³-hybridized carbons (Fsp3) is 0.688. The summed E-state index contributed by atoms with van der Waals surface area (Å²) in [7, 11) is 0. The molecule has 3 atom stereocenters. The molecule has 2 N–H and O–H groups in total. The van der Waals surface area contributed by atoms with Gasteiger partial charge in [-0.05, 0) is 62.5 Å². The van der Waals surface area contributed by atoms with Crippen LogP contribution >= 0.6 is 0 Å². The number of hydrogen-bond donors (Lipinski definition) is 1. The smallest absolute Gasteiger partial charge is 0.0423 e. The zero-order chi connectivity index (χ0) is 13.3. The molecule has 0 aliphatic heterocycles. The molecule has 0 aromatic carbocycles. The van der Waals surface area contributed by atoms with Crippen LogP contribution in [0.15, 0.2) is 12.1 Å². The van der Waals surface area contributed by atoms with E-state index in [-0.39, 0.29) is 6.04 Å². The average Bonchev–Trinajstić information content (AvgIpc) is 2.26. The van der Waals surface area contributed by atoms with Gasteiger partial charge in [0.25, 0.3) is 0 Å². The van der Waals surface area contributed by atoms with Crippen LogP contribution in [0.4, 0.5) is 0 Å². The Bertz CT molecular complexity index is 404. The molecule has 1 heterocycles. The molecule has 0 spiro atoms. The van der Waals surface area contributed by atoms with Crippen LogP contribution in [0.2, 0.25) is 0 Å². The lowest BCUT2D eigenvalue weighted by Crippen LogP contribution is -2.30. The second kappa shape index (κ2) is 5.40. The maximum absolute atomic E-state index is 6.51. The molecular weight excluding hydrogens is 220 g/mol. The van der Waals surface area contributed by atoms with E-state index in [9.17, 15) is 0 Å². The zero-order valence-electron chi connectivity index (χ0n) is 12.1. The predicted molar refractivity (Wildman–Crippen MR) is 76.3 cm³/mol. The molecule has 18 heavy (non-hydrogen) atoms. The van der Waals surface area contributed by atoms with E-state index in [1.807, 2.05) is 6.92 Å². The highest BCUT2D eigenvalue weighted by atomic mass is 14.7. The van der Waals surface area contributed by atoms with Gasteiger partial charge in [-0.15, -0.1) is 0 Å². The second-order valence-electron chi connectivity index (χ2n) is 6.33. The molecule has 2 heteroatoms. The van der Waals surface area contributed by atoms with Gasteiger partial charge in [-0.1, -0.05) is 19.9 Å². The van der Waals surface area contributed by atoms with Gasteiger partial charge in [-0.3, -0.25) is 4.98 Å². The molecule has 2 nitrogen and oxygen atoms in total. The van der Waals surface area contributed by atoms with Gasteiger partial charge in [0.05, 0.1) is 0 Å². The van der Waals surface area contributed by atoms with Crippen molar-refractivity contribution in [1.29, 1.82) is 0 Å². The van der Waals surface area contributed by atoms with Gasteiger partial charge >= 0.3 is 0 Å². The highest BCUT2D eigenvalue weighted by Crippen LogP contribution is 2.39. The summed E-state index contributed by atoms with van der Waals surface area (Å²) < 4.78 is 0. The lowest BCUT2D eigenvalue weighted by atomic mass is 9.72. The minimum Gasteiger partial charge on any atom is -0.324 e. The van der Waals surface area contributed by atoms with Gasteiger partial charge in [0.2, 0.25) is 0 Å². The summed E-state index contributed by atoms with van der Waals surface area (Å²) >= 11 is 0. The number of pyridine rings is 1. The van der Waals surface area contributed by atoms with Crippen molar-refractivity contribution in [3.8, 4) is 0 Å². The highest BCUT2D eigenvalue weighted by Gasteiger charge is 2.29. The molecule has 1 saturated carbocycles. The molecule has 100 valence electrons. The molecule has 0 radical (unpaired) electrons. The molecule has 0 amide bonds. The second-order valence-corrected chi connectivity index (χ2v) is 6.33. The van der Waals surface area contributed by atoms with Crippen LogP contribution in [-0.4, -0.2) is 4.98 Å². The molecule has 1 aliphatic carbocycles. The third-order valence-electron chi connectivity index (χ3n) is 4.35. The van der Waals surface area contributed by atoms with Crippen molar-refractivity contribution in [2.45, 2.75) is 53.0 Å². The van der Waals surface area contributed by atoms with Crippen molar-refractivity contribution in [2.75, 3.05) is 0 Å². The first-order chi connectivity index (χ1) is 8.47. The van der Waals surface area contributed by atoms with Crippen LogP contribution in [0.3, 0.4) is 0 Å². The lowest BCUT2D eigenvalue weighted by molar-refractivity contribution is 0.193. The van der Waals surface area contributed by atoms with Gasteiger partial charge in [-0.25, -0.2) is 0 Å². The first kappa shape index (κ1) is 13.5. The fourth-order valence-corrected chi connectivity index (χ4v) is 3.61. The Morgan fingerprint density at radius 2 is 1.72 bits per heavy atom. The van der Waals surface area contributed by atoms with Crippen molar-refractivity contribution in [2.24, 2.45) is 23.5 Å². The van der Waals surface area contributed by atoms with Crippen LogP contribution in [0.25, 0.3) is 0 Å². The van der Waals surface area contributed by atoms with Gasteiger partial charge in [0, 0.05) is 17.4 Å². The van der Waals surface area contributed by atoms with Crippen molar-refractivity contribution in [3.05, 3.63) is 29.1 Å². The van der Waals surface area contributed by atoms with Gasteiger partial charge in [0.1, 0.15) is 0 Å². The van der Waals surface area contributed by atoms with E-state index < -0.39 is 0 Å². The maximum atomic E-state index is 6.51. The van der Waals surface area contributed by atoms with Crippen molar-refractivity contribution in [3.63, 3.8) is 0 Å². The highest BCUT2D eigenvalue weighted by molar-refractivity contribution is 5.25. The molecule has 0 bridgehead atoms. The summed E-state index contributed by atoms with van der Waals surface area (Å²) in [6, 6.07) is 4.41. The summed E-state index contributed by atoms with van der Waals surface area (Å²) in [5, 5.41) is 0. The topological polar surface area (TPSA) is 38.9 Å². The number of rotatable bonds is 2. The molecular formula is C16H26N2. The van der Waals surface area contributed by atoms with E-state index in [1.165, 1.54) is 24.8 Å². The average molecular weight is 246 g/mol. The number of aromatic nitrogens is 1. The van der Waals surface area contributed by atoms with Crippen molar-refractivity contribution >= 4 is 0 Å². The molecule has 1 aliphatic rings. The van der Waals surface area contributed by atoms with E-state index in [0.717, 1.165) is 23.2 Å². The van der Waals surface area contributed by atoms with E-state index >= 15 is 0 Å². The quantitative estimate of drug-likeness (QED) is 0.862. The van der Waals surface area contributed by atoms with E-state index in [4.69, 9.17) is 5.73 Å². The molecule has 1 fully saturated rings. The number of hydrogen-bond acceptors (Lipinski definition) is 2. The van der Waals surface area contributed by atoms with Crippen LogP contribution in [0.1, 0.15) is 56.1 Å². The van der Waals surface area contributed by atoms with Crippen molar-refractivity contribution in [1.82, 2.24) is 4.98 Å². The summed E-state index contributed by atoms with van der Waals surface area (Å²) in [6.07, 6.45) is 3.88. The van der Waals surface area contributed by atoms with Crippen LogP contribution < -0.4 is 5.73 Å². The van der Waals surface area contributed by atoms with Gasteiger partial charge < -0.3 is 5.73 Å². The van der Waals surface area contributed by atoms with E-state index in [2.05, 4.69) is 37.9 Å². The third kappa shape index (κ3) is 2.92. The summed E-state index contributed by atoms with van der Waals surface area (Å²) in [4.78, 5) is 4.55. The minimum absolute atomic E-state index is 0.156. The fourth-order valence-electron chi connectivity index (χ4n) is 3.61. The normalized spacial score (nSPS) is 30.2. The van der Waals surface area contributed by atoms with E-state index in [1.54, 1.807) is 0 Å². The monoisotopic (exact) mass is 246 g/mol.